The first kappa shape index (κ1) is 13.3. The second-order valence-corrected chi connectivity index (χ2v) is 4.33. The van der Waals surface area contributed by atoms with E-state index in [9.17, 15) is 4.79 Å². The second-order valence-electron chi connectivity index (χ2n) is 3.50. The lowest BCUT2D eigenvalue weighted by Gasteiger charge is -2.10. The van der Waals surface area contributed by atoms with E-state index in [4.69, 9.17) is 9.47 Å². The predicted molar refractivity (Wildman–Crippen MR) is 72.0 cm³/mol. The third-order valence-corrected chi connectivity index (χ3v) is 2.91. The summed E-state index contributed by atoms with van der Waals surface area (Å²) in [6.07, 6.45) is 0. The summed E-state index contributed by atoms with van der Waals surface area (Å²) in [5, 5.41) is 10.5. The fourth-order valence-electron chi connectivity index (χ4n) is 1.48. The Hall–Kier alpha value is -2.15. The van der Waals surface area contributed by atoms with Crippen LogP contribution in [0, 0.1) is 0 Å². The highest BCUT2D eigenvalue weighted by molar-refractivity contribution is 7.13. The van der Waals surface area contributed by atoms with Gasteiger partial charge < -0.3 is 9.47 Å². The number of hydrogen-bond acceptors (Lipinski definition) is 6. The molecule has 0 bridgehead atoms. The monoisotopic (exact) mass is 279 g/mol. The second kappa shape index (κ2) is 6.14. The number of anilines is 1. The van der Waals surface area contributed by atoms with E-state index in [1.165, 1.54) is 18.4 Å². The van der Waals surface area contributed by atoms with E-state index in [1.807, 2.05) is 6.92 Å². The van der Waals surface area contributed by atoms with Crippen molar-refractivity contribution in [1.29, 1.82) is 0 Å². The molecule has 0 aliphatic rings. The van der Waals surface area contributed by atoms with Gasteiger partial charge in [-0.15, -0.1) is 10.2 Å². The molecule has 1 heterocycles. The highest BCUT2D eigenvalue weighted by Gasteiger charge is 2.12. The molecule has 19 heavy (non-hydrogen) atoms. The Bertz CT molecular complexity index is 557. The number of rotatable bonds is 5. The first-order chi connectivity index (χ1) is 9.24. The standard InChI is InChI=1S/C12H13N3O3S/c1-3-18-9-5-4-8(6-10(9)17-2)11(16)14-12-15-13-7-19-12/h4-7H,3H2,1-2H3,(H,14,15,16). The molecule has 1 aromatic carbocycles. The van der Waals surface area contributed by atoms with Gasteiger partial charge in [0.1, 0.15) is 5.51 Å². The van der Waals surface area contributed by atoms with Crippen molar-refractivity contribution < 1.29 is 14.3 Å². The molecule has 1 aromatic heterocycles. The fourth-order valence-corrected chi connectivity index (χ4v) is 1.92. The Kier molecular flexibility index (Phi) is 4.30. The third-order valence-electron chi connectivity index (χ3n) is 2.31. The molecule has 0 aliphatic heterocycles. The van der Waals surface area contributed by atoms with Gasteiger partial charge in [0.05, 0.1) is 13.7 Å². The van der Waals surface area contributed by atoms with Crippen molar-refractivity contribution in [1.82, 2.24) is 10.2 Å². The molecule has 0 saturated heterocycles. The maximum atomic E-state index is 12.0. The Morgan fingerprint density at radius 2 is 2.26 bits per heavy atom. The van der Waals surface area contributed by atoms with Crippen molar-refractivity contribution in [3.63, 3.8) is 0 Å². The van der Waals surface area contributed by atoms with Crippen LogP contribution in [0.3, 0.4) is 0 Å². The van der Waals surface area contributed by atoms with Crippen LogP contribution in [0.5, 0.6) is 11.5 Å². The lowest BCUT2D eigenvalue weighted by atomic mass is 10.2. The Morgan fingerprint density at radius 1 is 1.42 bits per heavy atom. The molecular formula is C12H13N3O3S. The molecule has 0 atom stereocenters. The zero-order valence-electron chi connectivity index (χ0n) is 10.5. The summed E-state index contributed by atoms with van der Waals surface area (Å²) >= 11 is 1.26. The van der Waals surface area contributed by atoms with Gasteiger partial charge in [0, 0.05) is 5.56 Å². The maximum absolute atomic E-state index is 12.0. The molecule has 7 heteroatoms. The molecule has 0 fully saturated rings. The number of aromatic nitrogens is 2. The number of hydrogen-bond donors (Lipinski definition) is 1. The molecule has 0 unspecified atom stereocenters. The molecule has 2 aromatic rings. The molecule has 100 valence electrons. The lowest BCUT2D eigenvalue weighted by molar-refractivity contribution is 0.102. The van der Waals surface area contributed by atoms with Crippen molar-refractivity contribution in [2.75, 3.05) is 19.0 Å². The minimum Gasteiger partial charge on any atom is -0.493 e. The molecule has 0 aliphatic carbocycles. The van der Waals surface area contributed by atoms with E-state index in [0.717, 1.165) is 0 Å². The van der Waals surface area contributed by atoms with Crippen LogP contribution in [0.1, 0.15) is 17.3 Å². The summed E-state index contributed by atoms with van der Waals surface area (Å²) < 4.78 is 10.6. The number of benzene rings is 1. The van der Waals surface area contributed by atoms with Gasteiger partial charge >= 0.3 is 0 Å². The third kappa shape index (κ3) is 3.19. The van der Waals surface area contributed by atoms with Crippen LogP contribution in [0.2, 0.25) is 0 Å². The van der Waals surface area contributed by atoms with E-state index < -0.39 is 0 Å². The van der Waals surface area contributed by atoms with Gasteiger partial charge in [-0.2, -0.15) is 0 Å². The maximum Gasteiger partial charge on any atom is 0.257 e. The number of nitrogens with zero attached hydrogens (tertiary/aromatic N) is 2. The summed E-state index contributed by atoms with van der Waals surface area (Å²) in [6, 6.07) is 5.00. The quantitative estimate of drug-likeness (QED) is 0.908. The van der Waals surface area contributed by atoms with Gasteiger partial charge in [-0.05, 0) is 25.1 Å². The average Bonchev–Trinajstić information content (AvgIpc) is 2.92. The lowest BCUT2D eigenvalue weighted by Crippen LogP contribution is -2.12. The number of nitrogens with one attached hydrogen (secondary N) is 1. The number of methoxy groups -OCH3 is 1. The number of carbonyl (C=O) groups excluding carboxylic acids is 1. The van der Waals surface area contributed by atoms with E-state index in [0.29, 0.717) is 28.8 Å². The Morgan fingerprint density at radius 3 is 2.89 bits per heavy atom. The van der Waals surface area contributed by atoms with Crippen LogP contribution >= 0.6 is 11.3 Å². The van der Waals surface area contributed by atoms with Crippen LogP contribution in [-0.2, 0) is 0 Å². The van der Waals surface area contributed by atoms with Crippen molar-refractivity contribution in [2.45, 2.75) is 6.92 Å². The molecule has 6 nitrogen and oxygen atoms in total. The van der Waals surface area contributed by atoms with E-state index in [1.54, 1.807) is 23.7 Å². The minimum absolute atomic E-state index is 0.266. The Labute approximate surface area is 114 Å². The summed E-state index contributed by atoms with van der Waals surface area (Å²) in [4.78, 5) is 12.0. The van der Waals surface area contributed by atoms with Crippen LogP contribution in [0.15, 0.2) is 23.7 Å². The molecule has 0 spiro atoms. The topological polar surface area (TPSA) is 73.3 Å². The van der Waals surface area contributed by atoms with Gasteiger partial charge in [-0.1, -0.05) is 11.3 Å². The smallest absolute Gasteiger partial charge is 0.257 e. The normalized spacial score (nSPS) is 10.0. The van der Waals surface area contributed by atoms with Crippen LogP contribution in [0.25, 0.3) is 0 Å². The molecule has 1 amide bonds. The number of carbonyl (C=O) groups is 1. The van der Waals surface area contributed by atoms with Gasteiger partial charge in [0.15, 0.2) is 11.5 Å². The predicted octanol–water partition coefficient (Wildman–Crippen LogP) is 2.20. The Balaban J connectivity index is 2.18. The van der Waals surface area contributed by atoms with Crippen LogP contribution in [-0.4, -0.2) is 29.8 Å². The molecule has 2 rings (SSSR count). The molecular weight excluding hydrogens is 266 g/mol. The van der Waals surface area contributed by atoms with Crippen molar-refractivity contribution in [3.05, 3.63) is 29.3 Å². The highest BCUT2D eigenvalue weighted by Crippen LogP contribution is 2.28. The van der Waals surface area contributed by atoms with Gasteiger partial charge in [0.2, 0.25) is 5.13 Å². The largest absolute Gasteiger partial charge is 0.493 e. The fraction of sp³-hybridized carbons (Fsp3) is 0.250. The summed E-state index contributed by atoms with van der Waals surface area (Å²) in [7, 11) is 1.53. The van der Waals surface area contributed by atoms with Crippen LogP contribution in [0.4, 0.5) is 5.13 Å². The van der Waals surface area contributed by atoms with Crippen LogP contribution < -0.4 is 14.8 Å². The van der Waals surface area contributed by atoms with E-state index in [2.05, 4.69) is 15.5 Å². The molecule has 1 N–H and O–H groups in total. The first-order valence-corrected chi connectivity index (χ1v) is 6.51. The van der Waals surface area contributed by atoms with Crippen molar-refractivity contribution in [2.24, 2.45) is 0 Å². The SMILES string of the molecule is CCOc1ccc(C(=O)Nc2nncs2)cc1OC. The summed E-state index contributed by atoms with van der Waals surface area (Å²) in [5.41, 5.74) is 2.02. The zero-order valence-corrected chi connectivity index (χ0v) is 11.4. The van der Waals surface area contributed by atoms with E-state index in [-0.39, 0.29) is 5.91 Å². The summed E-state index contributed by atoms with van der Waals surface area (Å²) in [5.74, 6) is 0.863. The highest BCUT2D eigenvalue weighted by atomic mass is 32.1. The number of amides is 1. The van der Waals surface area contributed by atoms with Gasteiger partial charge in [0.25, 0.3) is 5.91 Å². The van der Waals surface area contributed by atoms with E-state index >= 15 is 0 Å². The average molecular weight is 279 g/mol. The molecule has 0 radical (unpaired) electrons. The zero-order chi connectivity index (χ0) is 13.7. The van der Waals surface area contributed by atoms with Crippen molar-refractivity contribution in [3.8, 4) is 11.5 Å². The molecule has 0 saturated carbocycles. The first-order valence-electron chi connectivity index (χ1n) is 5.63. The number of ether oxygens (including phenoxy) is 2. The summed E-state index contributed by atoms with van der Waals surface area (Å²) in [6.45, 7) is 2.42. The minimum atomic E-state index is -0.266. The van der Waals surface area contributed by atoms with Gasteiger partial charge in [-0.25, -0.2) is 0 Å². The van der Waals surface area contributed by atoms with Crippen molar-refractivity contribution >= 4 is 22.4 Å². The van der Waals surface area contributed by atoms with Gasteiger partial charge in [-0.3, -0.25) is 10.1 Å².